The number of ether oxygens (including phenoxy) is 1. The topological polar surface area (TPSA) is 50.1 Å². The number of hydrogen-bond donors (Lipinski definition) is 1. The Kier molecular flexibility index (Phi) is 5.77. The molecule has 0 fully saturated rings. The molecule has 0 aliphatic heterocycles. The molecule has 0 spiro atoms. The second-order valence-corrected chi connectivity index (χ2v) is 5.23. The highest BCUT2D eigenvalue weighted by Gasteiger charge is 2.30. The zero-order valence-electron chi connectivity index (χ0n) is 10.3. The average Bonchev–Trinajstić information content (AvgIpc) is 2.30. The number of hydrogen-bond acceptors (Lipinski definition) is 5. The monoisotopic (exact) mass is 321 g/mol. The Morgan fingerprint density at radius 2 is 2.15 bits per heavy atom. The molecule has 8 heteroatoms. The lowest BCUT2D eigenvalue weighted by molar-refractivity contribution is -0.142. The van der Waals surface area contributed by atoms with Gasteiger partial charge in [-0.15, -0.1) is 12.6 Å². The largest absolute Gasteiger partial charge is 0.466 e. The summed E-state index contributed by atoms with van der Waals surface area (Å²) in [5, 5.41) is 8.98. The van der Waals surface area contributed by atoms with E-state index in [4.69, 9.17) is 10.00 Å². The highest BCUT2D eigenvalue weighted by atomic mass is 32.2. The minimum absolute atomic E-state index is 0.0164. The van der Waals surface area contributed by atoms with Crippen LogP contribution >= 0.6 is 24.4 Å². The van der Waals surface area contributed by atoms with E-state index in [1.807, 2.05) is 0 Å². The first-order chi connectivity index (χ1) is 9.26. The second-order valence-electron chi connectivity index (χ2n) is 3.61. The summed E-state index contributed by atoms with van der Waals surface area (Å²) in [4.78, 5) is 11.4. The van der Waals surface area contributed by atoms with Crippen LogP contribution in [0.4, 0.5) is 13.2 Å². The maximum atomic E-state index is 12.3. The molecule has 1 aromatic rings. The molecule has 0 radical (unpaired) electrons. The number of carbonyl (C=O) groups excluding carboxylic acids is 1. The number of rotatable bonds is 4. The van der Waals surface area contributed by atoms with Crippen LogP contribution in [0.1, 0.15) is 18.1 Å². The van der Waals surface area contributed by atoms with Crippen molar-refractivity contribution in [1.82, 2.24) is 0 Å². The van der Waals surface area contributed by atoms with Crippen molar-refractivity contribution in [2.24, 2.45) is 0 Å². The van der Waals surface area contributed by atoms with Crippen molar-refractivity contribution in [2.75, 3.05) is 6.61 Å². The van der Waals surface area contributed by atoms with Gasteiger partial charge in [0, 0.05) is 9.79 Å². The molecule has 0 unspecified atom stereocenters. The van der Waals surface area contributed by atoms with E-state index in [0.29, 0.717) is 0 Å². The molecule has 1 aromatic carbocycles. The normalized spacial score (nSPS) is 11.0. The van der Waals surface area contributed by atoms with Gasteiger partial charge in [0.1, 0.15) is 0 Å². The van der Waals surface area contributed by atoms with Gasteiger partial charge in [-0.3, -0.25) is 4.79 Å². The Morgan fingerprint density at radius 3 is 2.65 bits per heavy atom. The van der Waals surface area contributed by atoms with Crippen molar-refractivity contribution in [1.29, 1.82) is 5.26 Å². The summed E-state index contributed by atoms with van der Waals surface area (Å²) in [6, 6.07) is 4.04. The van der Waals surface area contributed by atoms with Crippen LogP contribution < -0.4 is 0 Å². The first kappa shape index (κ1) is 16.7. The van der Waals surface area contributed by atoms with Gasteiger partial charge in [0.15, 0.2) is 0 Å². The summed E-state index contributed by atoms with van der Waals surface area (Å²) in [6.45, 7) is 1.82. The zero-order chi connectivity index (χ0) is 15.3. The Balaban J connectivity index is 3.09. The molecule has 108 valence electrons. The lowest BCUT2D eigenvalue weighted by Crippen LogP contribution is -2.10. The molecular formula is C12H10F3NO2S2. The number of carbonyl (C=O) groups is 1. The fourth-order valence-corrected chi connectivity index (χ4v) is 2.51. The number of nitriles is 1. The van der Waals surface area contributed by atoms with E-state index < -0.39 is 11.5 Å². The third-order valence-corrected chi connectivity index (χ3v) is 3.28. The molecule has 0 heterocycles. The Bertz CT molecular complexity index is 553. The average molecular weight is 321 g/mol. The summed E-state index contributed by atoms with van der Waals surface area (Å²) >= 11 is 3.71. The van der Waals surface area contributed by atoms with E-state index >= 15 is 0 Å². The molecule has 0 amide bonds. The summed E-state index contributed by atoms with van der Waals surface area (Å²) in [6.07, 6.45) is -0.202. The van der Waals surface area contributed by atoms with E-state index in [1.54, 1.807) is 13.0 Å². The predicted molar refractivity (Wildman–Crippen MR) is 70.7 cm³/mol. The molecular weight excluding hydrogens is 311 g/mol. The fourth-order valence-electron chi connectivity index (χ4n) is 1.47. The number of benzene rings is 1. The van der Waals surface area contributed by atoms with Gasteiger partial charge in [0.05, 0.1) is 24.7 Å². The number of thioether (sulfide) groups is 1. The molecule has 3 nitrogen and oxygen atoms in total. The lowest BCUT2D eigenvalue weighted by Gasteiger charge is -2.11. The molecule has 0 bridgehead atoms. The fraction of sp³-hybridized carbons (Fsp3) is 0.333. The first-order valence-electron chi connectivity index (χ1n) is 5.44. The molecule has 0 aliphatic rings. The van der Waals surface area contributed by atoms with E-state index in [-0.39, 0.29) is 45.7 Å². The third-order valence-electron chi connectivity index (χ3n) is 2.18. The van der Waals surface area contributed by atoms with Crippen molar-refractivity contribution >= 4 is 30.4 Å². The van der Waals surface area contributed by atoms with Crippen LogP contribution in [0.5, 0.6) is 0 Å². The van der Waals surface area contributed by atoms with Crippen LogP contribution in [0.15, 0.2) is 21.9 Å². The van der Waals surface area contributed by atoms with Gasteiger partial charge in [-0.25, -0.2) is 0 Å². The number of nitrogens with zero attached hydrogens (tertiary/aromatic N) is 1. The minimum atomic E-state index is -4.45. The molecule has 20 heavy (non-hydrogen) atoms. The maximum absolute atomic E-state index is 12.3. The van der Waals surface area contributed by atoms with E-state index in [2.05, 4.69) is 12.6 Å². The third kappa shape index (κ3) is 4.98. The Labute approximate surface area is 123 Å². The zero-order valence-corrected chi connectivity index (χ0v) is 12.0. The van der Waals surface area contributed by atoms with Crippen molar-refractivity contribution in [3.8, 4) is 6.07 Å². The summed E-state index contributed by atoms with van der Waals surface area (Å²) in [5.74, 6) is -0.560. The van der Waals surface area contributed by atoms with Crippen LogP contribution in [-0.4, -0.2) is 18.1 Å². The summed E-state index contributed by atoms with van der Waals surface area (Å²) < 4.78 is 41.6. The molecule has 0 N–H and O–H groups in total. The predicted octanol–water partition coefficient (Wildman–Crippen LogP) is 3.56. The van der Waals surface area contributed by atoms with Gasteiger partial charge in [-0.1, -0.05) is 0 Å². The quantitative estimate of drug-likeness (QED) is 0.523. The van der Waals surface area contributed by atoms with Crippen molar-refractivity contribution in [2.45, 2.75) is 28.6 Å². The standard InChI is InChI=1S/C12H10F3NO2S2/c1-2-18-11(17)5-9-7(6-16)3-8(4-10(9)19)20-12(13,14)15/h3-4,19H,2,5H2,1H3. The van der Waals surface area contributed by atoms with Crippen LogP contribution in [0.25, 0.3) is 0 Å². The maximum Gasteiger partial charge on any atom is 0.446 e. The van der Waals surface area contributed by atoms with E-state index in [9.17, 15) is 18.0 Å². The van der Waals surface area contributed by atoms with Crippen molar-refractivity contribution in [3.05, 3.63) is 23.3 Å². The summed E-state index contributed by atoms with van der Waals surface area (Å²) in [5.41, 5.74) is -4.20. The Hall–Kier alpha value is -1.33. The molecule has 0 aromatic heterocycles. The van der Waals surface area contributed by atoms with Gasteiger partial charge in [-0.05, 0) is 36.4 Å². The smallest absolute Gasteiger partial charge is 0.446 e. The van der Waals surface area contributed by atoms with E-state index in [0.717, 1.165) is 6.07 Å². The van der Waals surface area contributed by atoms with E-state index in [1.165, 1.54) is 6.07 Å². The molecule has 0 atom stereocenters. The van der Waals surface area contributed by atoms with Crippen LogP contribution in [0.2, 0.25) is 0 Å². The summed E-state index contributed by atoms with van der Waals surface area (Å²) in [7, 11) is 0. The molecule has 0 aliphatic carbocycles. The van der Waals surface area contributed by atoms with Crippen LogP contribution in [-0.2, 0) is 16.0 Å². The van der Waals surface area contributed by atoms with Gasteiger partial charge < -0.3 is 4.74 Å². The number of halogens is 3. The van der Waals surface area contributed by atoms with Crippen molar-refractivity contribution in [3.63, 3.8) is 0 Å². The van der Waals surface area contributed by atoms with Gasteiger partial charge in [0.25, 0.3) is 0 Å². The lowest BCUT2D eigenvalue weighted by atomic mass is 10.1. The minimum Gasteiger partial charge on any atom is -0.466 e. The van der Waals surface area contributed by atoms with Gasteiger partial charge in [-0.2, -0.15) is 18.4 Å². The van der Waals surface area contributed by atoms with Gasteiger partial charge in [0.2, 0.25) is 0 Å². The molecule has 0 saturated carbocycles. The molecule has 1 rings (SSSR count). The van der Waals surface area contributed by atoms with Crippen LogP contribution in [0, 0.1) is 11.3 Å². The number of thiol groups is 1. The van der Waals surface area contributed by atoms with Gasteiger partial charge >= 0.3 is 11.5 Å². The SMILES string of the molecule is CCOC(=O)Cc1c(S)cc(SC(F)(F)F)cc1C#N. The first-order valence-corrected chi connectivity index (χ1v) is 6.70. The highest BCUT2D eigenvalue weighted by Crippen LogP contribution is 2.38. The number of alkyl halides is 3. The highest BCUT2D eigenvalue weighted by molar-refractivity contribution is 8.00. The van der Waals surface area contributed by atoms with Crippen molar-refractivity contribution < 1.29 is 22.7 Å². The Morgan fingerprint density at radius 1 is 1.50 bits per heavy atom. The second kappa shape index (κ2) is 6.90. The number of esters is 1. The molecule has 0 saturated heterocycles. The van der Waals surface area contributed by atoms with Crippen LogP contribution in [0.3, 0.4) is 0 Å².